The quantitative estimate of drug-likeness (QED) is 0.610. The molecule has 2 aliphatic rings. The Morgan fingerprint density at radius 1 is 1.15 bits per heavy atom. The van der Waals surface area contributed by atoms with Gasteiger partial charge in [-0.25, -0.2) is 0 Å². The topological polar surface area (TPSA) is 81.9 Å². The zero-order valence-electron chi connectivity index (χ0n) is 15.0. The van der Waals surface area contributed by atoms with Gasteiger partial charge in [0.05, 0.1) is 11.0 Å². The van der Waals surface area contributed by atoms with Crippen molar-refractivity contribution in [2.75, 3.05) is 19.8 Å². The SMILES string of the molecule is Cc1ccc(C(=O)N2CCC[C@@H]2c2ccc3c(c2)OCCO3)cc1[N+](=O)[O-]. The molecule has 0 saturated carbocycles. The summed E-state index contributed by atoms with van der Waals surface area (Å²) in [5, 5.41) is 11.2. The third-order valence-corrected chi connectivity index (χ3v) is 5.12. The van der Waals surface area contributed by atoms with E-state index in [1.165, 1.54) is 6.07 Å². The van der Waals surface area contributed by atoms with Crippen molar-refractivity contribution < 1.29 is 19.2 Å². The Morgan fingerprint density at radius 2 is 1.93 bits per heavy atom. The van der Waals surface area contributed by atoms with Crippen LogP contribution in [0.25, 0.3) is 0 Å². The van der Waals surface area contributed by atoms with E-state index in [4.69, 9.17) is 9.47 Å². The molecule has 0 bridgehead atoms. The molecule has 1 amide bonds. The molecule has 7 heteroatoms. The highest BCUT2D eigenvalue weighted by Gasteiger charge is 2.32. The summed E-state index contributed by atoms with van der Waals surface area (Å²) >= 11 is 0. The lowest BCUT2D eigenvalue weighted by molar-refractivity contribution is -0.385. The molecule has 2 aromatic carbocycles. The molecule has 2 heterocycles. The molecule has 140 valence electrons. The van der Waals surface area contributed by atoms with Crippen LogP contribution in [0.3, 0.4) is 0 Å². The van der Waals surface area contributed by atoms with Crippen molar-refractivity contribution in [3.63, 3.8) is 0 Å². The average Bonchev–Trinajstić information content (AvgIpc) is 3.17. The van der Waals surface area contributed by atoms with Crippen LogP contribution in [0.4, 0.5) is 5.69 Å². The normalized spacial score (nSPS) is 18.4. The maximum atomic E-state index is 13.1. The summed E-state index contributed by atoms with van der Waals surface area (Å²) in [6.45, 7) is 3.34. The second-order valence-corrected chi connectivity index (χ2v) is 6.82. The number of nitrogens with zero attached hydrogens (tertiary/aromatic N) is 2. The maximum Gasteiger partial charge on any atom is 0.273 e. The van der Waals surface area contributed by atoms with E-state index in [-0.39, 0.29) is 17.6 Å². The number of ether oxygens (including phenoxy) is 2. The third-order valence-electron chi connectivity index (χ3n) is 5.12. The first-order valence-corrected chi connectivity index (χ1v) is 9.00. The van der Waals surface area contributed by atoms with Gasteiger partial charge in [-0.15, -0.1) is 0 Å². The molecule has 0 aromatic heterocycles. The standard InChI is InChI=1S/C20H20N2O5/c1-13-4-5-15(11-17(13)22(24)25)20(23)21-8-2-3-16(21)14-6-7-18-19(12-14)27-10-9-26-18/h4-7,11-12,16H,2-3,8-10H2,1H3/t16-/m1/s1. The Morgan fingerprint density at radius 3 is 2.70 bits per heavy atom. The molecule has 0 unspecified atom stereocenters. The fourth-order valence-corrected chi connectivity index (χ4v) is 3.73. The Bertz CT molecular complexity index is 911. The number of hydrogen-bond acceptors (Lipinski definition) is 5. The van der Waals surface area contributed by atoms with Gasteiger partial charge in [0, 0.05) is 23.7 Å². The van der Waals surface area contributed by atoms with Crippen molar-refractivity contribution in [2.45, 2.75) is 25.8 Å². The van der Waals surface area contributed by atoms with Crippen LogP contribution in [0.2, 0.25) is 0 Å². The molecule has 0 spiro atoms. The number of carbonyl (C=O) groups is 1. The molecule has 1 atom stereocenters. The third kappa shape index (κ3) is 3.20. The smallest absolute Gasteiger partial charge is 0.273 e. The first kappa shape index (κ1) is 17.3. The molecule has 4 rings (SSSR count). The zero-order valence-corrected chi connectivity index (χ0v) is 15.0. The summed E-state index contributed by atoms with van der Waals surface area (Å²) in [4.78, 5) is 25.6. The molecule has 1 saturated heterocycles. The molecule has 0 radical (unpaired) electrons. The summed E-state index contributed by atoms with van der Waals surface area (Å²) in [5.41, 5.74) is 1.85. The van der Waals surface area contributed by atoms with Crippen molar-refractivity contribution in [1.29, 1.82) is 0 Å². The van der Waals surface area contributed by atoms with Crippen LogP contribution in [0, 0.1) is 17.0 Å². The maximum absolute atomic E-state index is 13.1. The van der Waals surface area contributed by atoms with Crippen LogP contribution in [0.15, 0.2) is 36.4 Å². The van der Waals surface area contributed by atoms with E-state index in [0.29, 0.717) is 36.6 Å². The minimum absolute atomic E-state index is 0.0315. The number of nitro benzene ring substituents is 1. The van der Waals surface area contributed by atoms with Gasteiger partial charge >= 0.3 is 0 Å². The first-order valence-electron chi connectivity index (χ1n) is 9.00. The van der Waals surface area contributed by atoms with Gasteiger partial charge in [-0.3, -0.25) is 14.9 Å². The van der Waals surface area contributed by atoms with Gasteiger partial charge in [0.15, 0.2) is 11.5 Å². The van der Waals surface area contributed by atoms with Gasteiger partial charge in [-0.2, -0.15) is 0 Å². The van der Waals surface area contributed by atoms with Crippen molar-refractivity contribution >= 4 is 11.6 Å². The fourth-order valence-electron chi connectivity index (χ4n) is 3.73. The number of fused-ring (bicyclic) bond motifs is 1. The Kier molecular flexibility index (Phi) is 4.43. The van der Waals surface area contributed by atoms with Gasteiger partial charge < -0.3 is 14.4 Å². The largest absolute Gasteiger partial charge is 0.486 e. The van der Waals surface area contributed by atoms with Crippen LogP contribution < -0.4 is 9.47 Å². The van der Waals surface area contributed by atoms with E-state index in [1.54, 1.807) is 24.0 Å². The van der Waals surface area contributed by atoms with Gasteiger partial charge in [-0.1, -0.05) is 12.1 Å². The molecule has 2 aromatic rings. The van der Waals surface area contributed by atoms with E-state index in [0.717, 1.165) is 24.2 Å². The predicted octanol–water partition coefficient (Wildman–Crippen LogP) is 3.65. The molecule has 1 fully saturated rings. The predicted molar refractivity (Wildman–Crippen MR) is 98.3 cm³/mol. The Hall–Kier alpha value is -3.09. The number of hydrogen-bond donors (Lipinski definition) is 0. The second-order valence-electron chi connectivity index (χ2n) is 6.82. The summed E-state index contributed by atoms with van der Waals surface area (Å²) in [7, 11) is 0. The number of rotatable bonds is 3. The van der Waals surface area contributed by atoms with Crippen molar-refractivity contribution in [1.82, 2.24) is 4.90 Å². The number of nitro groups is 1. The average molecular weight is 368 g/mol. The molecule has 7 nitrogen and oxygen atoms in total. The highest BCUT2D eigenvalue weighted by atomic mass is 16.6. The molecule has 0 N–H and O–H groups in total. The van der Waals surface area contributed by atoms with Gasteiger partial charge in [0.1, 0.15) is 13.2 Å². The van der Waals surface area contributed by atoms with Gasteiger partial charge in [0.2, 0.25) is 0 Å². The molecule has 2 aliphatic heterocycles. The van der Waals surface area contributed by atoms with Crippen molar-refractivity contribution in [3.8, 4) is 11.5 Å². The monoisotopic (exact) mass is 368 g/mol. The number of benzene rings is 2. The van der Waals surface area contributed by atoms with Crippen LogP contribution >= 0.6 is 0 Å². The summed E-state index contributed by atoms with van der Waals surface area (Å²) in [6.07, 6.45) is 1.73. The Labute approximate surface area is 156 Å². The van der Waals surface area contributed by atoms with Crippen LogP contribution in [0.1, 0.15) is 40.4 Å². The van der Waals surface area contributed by atoms with E-state index < -0.39 is 4.92 Å². The zero-order chi connectivity index (χ0) is 19.0. The van der Waals surface area contributed by atoms with E-state index >= 15 is 0 Å². The minimum Gasteiger partial charge on any atom is -0.486 e. The lowest BCUT2D eigenvalue weighted by atomic mass is 10.0. The summed E-state index contributed by atoms with van der Waals surface area (Å²) in [6, 6.07) is 10.3. The second kappa shape index (κ2) is 6.90. The van der Waals surface area contributed by atoms with Crippen molar-refractivity contribution in [3.05, 3.63) is 63.2 Å². The number of aryl methyl sites for hydroxylation is 1. The number of likely N-dealkylation sites (tertiary alicyclic amines) is 1. The summed E-state index contributed by atoms with van der Waals surface area (Å²) in [5.74, 6) is 1.23. The molecule has 27 heavy (non-hydrogen) atoms. The van der Waals surface area contributed by atoms with Crippen molar-refractivity contribution in [2.24, 2.45) is 0 Å². The van der Waals surface area contributed by atoms with Crippen LogP contribution in [-0.2, 0) is 0 Å². The lowest BCUT2D eigenvalue weighted by Gasteiger charge is -2.27. The molecular formula is C20H20N2O5. The minimum atomic E-state index is -0.450. The number of amides is 1. The van der Waals surface area contributed by atoms with Crippen LogP contribution in [-0.4, -0.2) is 35.5 Å². The highest BCUT2D eigenvalue weighted by molar-refractivity contribution is 5.95. The summed E-state index contributed by atoms with van der Waals surface area (Å²) < 4.78 is 11.2. The highest BCUT2D eigenvalue weighted by Crippen LogP contribution is 2.38. The van der Waals surface area contributed by atoms with E-state index in [1.807, 2.05) is 18.2 Å². The van der Waals surface area contributed by atoms with E-state index in [2.05, 4.69) is 0 Å². The molecule has 0 aliphatic carbocycles. The van der Waals surface area contributed by atoms with Gasteiger partial charge in [-0.05, 0) is 43.5 Å². The van der Waals surface area contributed by atoms with Gasteiger partial charge in [0.25, 0.3) is 11.6 Å². The lowest BCUT2D eigenvalue weighted by Crippen LogP contribution is -2.30. The first-order chi connectivity index (χ1) is 13.0. The number of carbonyl (C=O) groups excluding carboxylic acids is 1. The van der Waals surface area contributed by atoms with E-state index in [9.17, 15) is 14.9 Å². The molecular weight excluding hydrogens is 348 g/mol. The Balaban J connectivity index is 1.62. The van der Waals surface area contributed by atoms with Crippen LogP contribution in [0.5, 0.6) is 11.5 Å². The fraction of sp³-hybridized carbons (Fsp3) is 0.350.